The molecule has 1 heterocycles. The molecule has 114 valence electrons. The monoisotopic (exact) mass is 288 g/mol. The highest BCUT2D eigenvalue weighted by molar-refractivity contribution is 5.43. The maximum atomic E-state index is 9.77. The van der Waals surface area contributed by atoms with E-state index in [1.807, 2.05) is 12.1 Å². The molecule has 1 aromatic carbocycles. The Bertz CT molecular complexity index is 564. The molecule has 0 aromatic heterocycles. The van der Waals surface area contributed by atoms with Crippen LogP contribution in [0, 0.1) is 23.7 Å². The first-order chi connectivity index (χ1) is 10.0. The van der Waals surface area contributed by atoms with E-state index in [1.165, 1.54) is 5.57 Å². The van der Waals surface area contributed by atoms with Crippen LogP contribution in [0.15, 0.2) is 29.8 Å². The molecule has 0 spiro atoms. The number of allylic oxidation sites excluding steroid dienone is 1. The van der Waals surface area contributed by atoms with Crippen molar-refractivity contribution in [2.75, 3.05) is 13.7 Å². The van der Waals surface area contributed by atoms with Crippen LogP contribution in [0.2, 0.25) is 0 Å². The van der Waals surface area contributed by atoms with Gasteiger partial charge in [0.05, 0.1) is 19.8 Å². The molecule has 0 amide bonds. The van der Waals surface area contributed by atoms with E-state index in [-0.39, 0.29) is 11.9 Å². The summed E-state index contributed by atoms with van der Waals surface area (Å²) in [6.45, 7) is 7.65. The van der Waals surface area contributed by atoms with E-state index < -0.39 is 0 Å². The van der Waals surface area contributed by atoms with Crippen LogP contribution in [0.4, 0.5) is 0 Å². The van der Waals surface area contributed by atoms with Crippen molar-refractivity contribution in [1.29, 1.82) is 0 Å². The van der Waals surface area contributed by atoms with Crippen LogP contribution < -0.4 is 4.74 Å². The number of phenolic OH excluding ortho intramolecular Hbond substituents is 1. The van der Waals surface area contributed by atoms with Crippen molar-refractivity contribution in [3.63, 3.8) is 0 Å². The zero-order chi connectivity index (χ0) is 15.1. The number of methoxy groups -OCH3 is 1. The molecule has 1 aliphatic carbocycles. The van der Waals surface area contributed by atoms with E-state index >= 15 is 0 Å². The molecule has 0 radical (unpaired) electrons. The number of hydrogen-bond donors (Lipinski definition) is 1. The average Bonchev–Trinajstić information content (AvgIpc) is 2.45. The maximum Gasteiger partial charge on any atom is 0.160 e. The van der Waals surface area contributed by atoms with Gasteiger partial charge < -0.3 is 14.6 Å². The molecular weight excluding hydrogens is 264 g/mol. The fourth-order valence-corrected chi connectivity index (χ4v) is 4.12. The highest BCUT2D eigenvalue weighted by Gasteiger charge is 2.43. The topological polar surface area (TPSA) is 38.7 Å². The Kier molecular flexibility index (Phi) is 3.70. The molecular formula is C18H24O3. The predicted octanol–water partition coefficient (Wildman–Crippen LogP) is 3.94. The molecule has 0 unspecified atom stereocenters. The first kappa shape index (κ1) is 14.5. The van der Waals surface area contributed by atoms with Crippen molar-refractivity contribution < 1.29 is 14.6 Å². The van der Waals surface area contributed by atoms with Gasteiger partial charge in [0.15, 0.2) is 11.5 Å². The SMILES string of the molecule is COc1cc([C@H]2OC[C@H]3[C@H](C)[C@H]2C(C)=C[C@@H]3C)ccc1O. The standard InChI is InChI=1S/C18H24O3/c1-10-7-11(2)17-12(3)14(10)9-21-18(17)13-5-6-15(19)16(8-13)20-4/h5-8,10,12,14,17-19H,9H2,1-4H3/t10-,12-,14+,17+,18+/m0/s1. The Morgan fingerprint density at radius 2 is 2.05 bits per heavy atom. The number of benzene rings is 1. The summed E-state index contributed by atoms with van der Waals surface area (Å²) < 4.78 is 11.4. The Hall–Kier alpha value is -1.48. The molecule has 1 N–H and O–H groups in total. The number of fused-ring (bicyclic) bond motifs is 2. The van der Waals surface area contributed by atoms with Gasteiger partial charge in [-0.15, -0.1) is 0 Å². The summed E-state index contributed by atoms with van der Waals surface area (Å²) in [5.41, 5.74) is 2.50. The number of hydrogen-bond acceptors (Lipinski definition) is 3. The van der Waals surface area contributed by atoms with Gasteiger partial charge in [-0.05, 0) is 42.4 Å². The van der Waals surface area contributed by atoms with Crippen LogP contribution >= 0.6 is 0 Å². The molecule has 0 saturated carbocycles. The second-order valence-corrected chi connectivity index (χ2v) is 6.50. The molecule has 5 atom stereocenters. The van der Waals surface area contributed by atoms with Gasteiger partial charge in [0.1, 0.15) is 0 Å². The highest BCUT2D eigenvalue weighted by atomic mass is 16.5. The minimum atomic E-state index is 0.0505. The van der Waals surface area contributed by atoms with E-state index in [0.717, 1.165) is 12.2 Å². The lowest BCUT2D eigenvalue weighted by molar-refractivity contribution is -0.0935. The van der Waals surface area contributed by atoms with Crippen molar-refractivity contribution in [2.24, 2.45) is 23.7 Å². The molecule has 1 aromatic rings. The van der Waals surface area contributed by atoms with E-state index in [9.17, 15) is 5.11 Å². The van der Waals surface area contributed by atoms with Crippen molar-refractivity contribution >= 4 is 0 Å². The van der Waals surface area contributed by atoms with Crippen LogP contribution in [0.5, 0.6) is 11.5 Å². The van der Waals surface area contributed by atoms with Gasteiger partial charge in [0, 0.05) is 5.92 Å². The first-order valence-corrected chi connectivity index (χ1v) is 7.69. The lowest BCUT2D eigenvalue weighted by Crippen LogP contribution is -2.42. The molecule has 3 nitrogen and oxygen atoms in total. The quantitative estimate of drug-likeness (QED) is 0.838. The smallest absolute Gasteiger partial charge is 0.160 e. The minimum absolute atomic E-state index is 0.0505. The lowest BCUT2D eigenvalue weighted by Gasteiger charge is -2.47. The Morgan fingerprint density at radius 1 is 1.29 bits per heavy atom. The maximum absolute atomic E-state index is 9.77. The van der Waals surface area contributed by atoms with Gasteiger partial charge in [-0.25, -0.2) is 0 Å². The Balaban J connectivity index is 1.98. The summed E-state index contributed by atoms with van der Waals surface area (Å²) in [6, 6.07) is 5.54. The number of aromatic hydroxyl groups is 1. The zero-order valence-corrected chi connectivity index (χ0v) is 13.2. The van der Waals surface area contributed by atoms with Crippen LogP contribution in [0.1, 0.15) is 32.4 Å². The van der Waals surface area contributed by atoms with Gasteiger partial charge in [-0.1, -0.05) is 31.6 Å². The van der Waals surface area contributed by atoms with Crippen LogP contribution in [0.25, 0.3) is 0 Å². The Labute approximate surface area is 126 Å². The summed E-state index contributed by atoms with van der Waals surface area (Å²) in [7, 11) is 1.58. The fraction of sp³-hybridized carbons (Fsp3) is 0.556. The van der Waals surface area contributed by atoms with Crippen molar-refractivity contribution in [2.45, 2.75) is 26.9 Å². The number of rotatable bonds is 2. The van der Waals surface area contributed by atoms with Crippen LogP contribution in [-0.4, -0.2) is 18.8 Å². The van der Waals surface area contributed by atoms with Crippen molar-refractivity contribution in [1.82, 2.24) is 0 Å². The fourth-order valence-electron chi connectivity index (χ4n) is 4.12. The van der Waals surface area contributed by atoms with Crippen LogP contribution in [0.3, 0.4) is 0 Å². The van der Waals surface area contributed by atoms with Gasteiger partial charge in [-0.3, -0.25) is 0 Å². The van der Waals surface area contributed by atoms with E-state index in [2.05, 4.69) is 26.8 Å². The van der Waals surface area contributed by atoms with Gasteiger partial charge in [-0.2, -0.15) is 0 Å². The Morgan fingerprint density at radius 3 is 2.76 bits per heavy atom. The van der Waals surface area contributed by atoms with Crippen LogP contribution in [-0.2, 0) is 4.74 Å². The largest absolute Gasteiger partial charge is 0.504 e. The highest BCUT2D eigenvalue weighted by Crippen LogP contribution is 2.50. The molecule has 3 rings (SSSR count). The molecule has 1 aliphatic heterocycles. The summed E-state index contributed by atoms with van der Waals surface area (Å²) in [5, 5.41) is 9.77. The van der Waals surface area contributed by atoms with Gasteiger partial charge in [0.25, 0.3) is 0 Å². The summed E-state index contributed by atoms with van der Waals surface area (Å²) in [5.74, 6) is 2.91. The average molecular weight is 288 g/mol. The third-order valence-corrected chi connectivity index (χ3v) is 5.30. The normalized spacial score (nSPS) is 35.2. The predicted molar refractivity (Wildman–Crippen MR) is 82.4 cm³/mol. The second-order valence-electron chi connectivity index (χ2n) is 6.50. The summed E-state index contributed by atoms with van der Waals surface area (Å²) in [6.07, 6.45) is 2.46. The summed E-state index contributed by atoms with van der Waals surface area (Å²) in [4.78, 5) is 0. The number of phenols is 1. The van der Waals surface area contributed by atoms with Crippen molar-refractivity contribution in [3.05, 3.63) is 35.4 Å². The third-order valence-electron chi connectivity index (χ3n) is 5.30. The third kappa shape index (κ3) is 2.34. The second kappa shape index (κ2) is 5.38. The van der Waals surface area contributed by atoms with Crippen molar-refractivity contribution in [3.8, 4) is 11.5 Å². The zero-order valence-electron chi connectivity index (χ0n) is 13.2. The van der Waals surface area contributed by atoms with Gasteiger partial charge >= 0.3 is 0 Å². The molecule has 1 fully saturated rings. The number of ether oxygens (including phenoxy) is 2. The molecule has 21 heavy (non-hydrogen) atoms. The van der Waals surface area contributed by atoms with E-state index in [1.54, 1.807) is 13.2 Å². The molecule has 3 heteroatoms. The van der Waals surface area contributed by atoms with E-state index in [4.69, 9.17) is 9.47 Å². The summed E-state index contributed by atoms with van der Waals surface area (Å²) >= 11 is 0. The van der Waals surface area contributed by atoms with E-state index in [0.29, 0.717) is 29.4 Å². The molecule has 1 saturated heterocycles. The van der Waals surface area contributed by atoms with Gasteiger partial charge in [0.2, 0.25) is 0 Å². The lowest BCUT2D eigenvalue weighted by atomic mass is 9.64. The molecule has 2 bridgehead atoms. The molecule has 2 aliphatic rings. The minimum Gasteiger partial charge on any atom is -0.504 e. The first-order valence-electron chi connectivity index (χ1n) is 7.69.